The van der Waals surface area contributed by atoms with Crippen LogP contribution in [-0.4, -0.2) is 30.2 Å². The number of carbonyl (C=O) groups excluding carboxylic acids is 1. The topological polar surface area (TPSA) is 81.7 Å². The minimum absolute atomic E-state index is 0.121. The highest BCUT2D eigenvalue weighted by molar-refractivity contribution is 7.80. The summed E-state index contributed by atoms with van der Waals surface area (Å²) in [5.41, 5.74) is 1.64. The van der Waals surface area contributed by atoms with E-state index < -0.39 is 5.91 Å². The molecule has 0 atom stereocenters. The molecule has 0 radical (unpaired) electrons. The second-order valence-corrected chi connectivity index (χ2v) is 8.44. The van der Waals surface area contributed by atoms with Crippen LogP contribution in [0.5, 0.6) is 23.0 Å². The van der Waals surface area contributed by atoms with Gasteiger partial charge in [-0.25, -0.2) is 0 Å². The molecule has 178 valence electrons. The number of nitrogens with zero attached hydrogens (tertiary/aromatic N) is 1. The zero-order valence-electron chi connectivity index (χ0n) is 18.6. The number of hydrogen-bond donors (Lipinski definition) is 2. The van der Waals surface area contributed by atoms with E-state index in [4.69, 9.17) is 49.6 Å². The molecule has 3 aromatic carbocycles. The molecular formula is C25H19Cl2N3O4S. The fraction of sp³-hybridized carbons (Fsp3) is 0.0800. The van der Waals surface area contributed by atoms with Gasteiger partial charge in [0.1, 0.15) is 11.5 Å². The van der Waals surface area contributed by atoms with Gasteiger partial charge in [-0.3, -0.25) is 15.1 Å². The average molecular weight is 528 g/mol. The maximum absolute atomic E-state index is 12.4. The second-order valence-electron chi connectivity index (χ2n) is 7.19. The third kappa shape index (κ3) is 5.74. The fourth-order valence-electron chi connectivity index (χ4n) is 3.28. The Morgan fingerprint density at radius 3 is 2.31 bits per heavy atom. The largest absolute Gasteiger partial charge is 0.493 e. The number of hydrogen-bond acceptors (Lipinski definition) is 6. The molecule has 0 aliphatic heterocycles. The number of carbonyl (C=O) groups is 1. The van der Waals surface area contributed by atoms with Gasteiger partial charge in [0.25, 0.3) is 5.91 Å². The first-order chi connectivity index (χ1) is 16.9. The molecule has 1 aromatic heterocycles. The minimum atomic E-state index is -0.444. The molecule has 0 spiro atoms. The van der Waals surface area contributed by atoms with Gasteiger partial charge in [0.05, 0.1) is 30.3 Å². The molecule has 4 rings (SSSR count). The standard InChI is InChI=1S/C25H19Cl2N3O4S/c1-32-22-12-18-20(13-23(22)33-2)28-10-9-21(18)34-16-6-4-15(5-7-16)29-25(35)30-24(31)17-8-3-14(26)11-19(17)27/h3-13H,1-2H3,(H2,29,30,31,35). The Hall–Kier alpha value is -3.59. The fourth-order valence-corrected chi connectivity index (χ4v) is 3.98. The van der Waals surface area contributed by atoms with Crippen LogP contribution >= 0.6 is 35.4 Å². The zero-order chi connectivity index (χ0) is 24.9. The van der Waals surface area contributed by atoms with Crippen LogP contribution < -0.4 is 24.8 Å². The summed E-state index contributed by atoms with van der Waals surface area (Å²) in [7, 11) is 3.15. The lowest BCUT2D eigenvalue weighted by molar-refractivity contribution is 0.0978. The maximum atomic E-state index is 12.4. The summed E-state index contributed by atoms with van der Waals surface area (Å²) in [4.78, 5) is 16.8. The molecule has 0 fully saturated rings. The highest BCUT2D eigenvalue weighted by Gasteiger charge is 2.13. The summed E-state index contributed by atoms with van der Waals surface area (Å²) in [5.74, 6) is 1.93. The molecule has 35 heavy (non-hydrogen) atoms. The van der Waals surface area contributed by atoms with Crippen molar-refractivity contribution in [3.63, 3.8) is 0 Å². The molecular weight excluding hydrogens is 509 g/mol. The Kier molecular flexibility index (Phi) is 7.55. The van der Waals surface area contributed by atoms with Crippen molar-refractivity contribution in [2.75, 3.05) is 19.5 Å². The summed E-state index contributed by atoms with van der Waals surface area (Å²) < 4.78 is 16.8. The molecule has 1 amide bonds. The van der Waals surface area contributed by atoms with E-state index in [2.05, 4.69) is 15.6 Å². The minimum Gasteiger partial charge on any atom is -0.493 e. The van der Waals surface area contributed by atoms with E-state index in [-0.39, 0.29) is 15.7 Å². The van der Waals surface area contributed by atoms with Gasteiger partial charge in [-0.2, -0.15) is 0 Å². The van der Waals surface area contributed by atoms with Crippen LogP contribution in [0, 0.1) is 0 Å². The van der Waals surface area contributed by atoms with Gasteiger partial charge >= 0.3 is 0 Å². The molecule has 0 aliphatic rings. The van der Waals surface area contributed by atoms with Gasteiger partial charge in [0.15, 0.2) is 16.6 Å². The van der Waals surface area contributed by atoms with Crippen molar-refractivity contribution in [1.82, 2.24) is 10.3 Å². The zero-order valence-corrected chi connectivity index (χ0v) is 20.9. The molecule has 7 nitrogen and oxygen atoms in total. The van der Waals surface area contributed by atoms with Crippen molar-refractivity contribution in [2.45, 2.75) is 0 Å². The molecule has 2 N–H and O–H groups in total. The van der Waals surface area contributed by atoms with Gasteiger partial charge in [-0.1, -0.05) is 23.2 Å². The van der Waals surface area contributed by atoms with E-state index in [1.165, 1.54) is 12.1 Å². The van der Waals surface area contributed by atoms with Gasteiger partial charge in [-0.05, 0) is 66.8 Å². The molecule has 0 bridgehead atoms. The van der Waals surface area contributed by atoms with E-state index in [1.807, 2.05) is 6.07 Å². The lowest BCUT2D eigenvalue weighted by Gasteiger charge is -2.13. The summed E-state index contributed by atoms with van der Waals surface area (Å²) >= 11 is 17.2. The van der Waals surface area contributed by atoms with Crippen molar-refractivity contribution in [2.24, 2.45) is 0 Å². The number of ether oxygens (including phenoxy) is 3. The third-order valence-corrected chi connectivity index (χ3v) is 5.70. The number of anilines is 1. The van der Waals surface area contributed by atoms with E-state index in [1.54, 1.807) is 62.9 Å². The van der Waals surface area contributed by atoms with Crippen LogP contribution in [0.1, 0.15) is 10.4 Å². The molecule has 1 heterocycles. The molecule has 0 unspecified atom stereocenters. The number of pyridine rings is 1. The van der Waals surface area contributed by atoms with Crippen LogP contribution in [0.3, 0.4) is 0 Å². The Labute approximate surface area is 216 Å². The monoisotopic (exact) mass is 527 g/mol. The molecule has 0 aliphatic carbocycles. The normalized spacial score (nSPS) is 10.5. The molecule has 10 heteroatoms. The second kappa shape index (κ2) is 10.8. The van der Waals surface area contributed by atoms with Gasteiger partial charge in [-0.15, -0.1) is 0 Å². The first kappa shape index (κ1) is 24.5. The number of amides is 1. The Balaban J connectivity index is 1.44. The number of benzene rings is 3. The quantitative estimate of drug-likeness (QED) is 0.277. The summed E-state index contributed by atoms with van der Waals surface area (Å²) in [6.07, 6.45) is 1.66. The SMILES string of the molecule is COc1cc2nccc(Oc3ccc(NC(=S)NC(=O)c4ccc(Cl)cc4Cl)cc3)c2cc1OC. The van der Waals surface area contributed by atoms with Crippen LogP contribution in [0.4, 0.5) is 5.69 Å². The van der Waals surface area contributed by atoms with E-state index >= 15 is 0 Å². The lowest BCUT2D eigenvalue weighted by Crippen LogP contribution is -2.34. The van der Waals surface area contributed by atoms with Gasteiger partial charge < -0.3 is 19.5 Å². The molecule has 0 saturated heterocycles. The van der Waals surface area contributed by atoms with Crippen molar-refractivity contribution in [1.29, 1.82) is 0 Å². The Morgan fingerprint density at radius 1 is 0.914 bits per heavy atom. The highest BCUT2D eigenvalue weighted by Crippen LogP contribution is 2.37. The number of rotatable bonds is 6. The van der Waals surface area contributed by atoms with E-state index in [9.17, 15) is 4.79 Å². The Morgan fingerprint density at radius 2 is 1.63 bits per heavy atom. The predicted octanol–water partition coefficient (Wildman–Crippen LogP) is 6.48. The predicted molar refractivity (Wildman–Crippen MR) is 142 cm³/mol. The average Bonchev–Trinajstić information content (AvgIpc) is 2.84. The van der Waals surface area contributed by atoms with E-state index in [0.29, 0.717) is 39.2 Å². The van der Waals surface area contributed by atoms with E-state index in [0.717, 1.165) is 5.39 Å². The van der Waals surface area contributed by atoms with Crippen LogP contribution in [0.25, 0.3) is 10.9 Å². The number of aromatic nitrogens is 1. The number of thiocarbonyl (C=S) groups is 1. The third-order valence-electron chi connectivity index (χ3n) is 4.95. The van der Waals surface area contributed by atoms with Crippen molar-refractivity contribution in [3.05, 3.63) is 82.5 Å². The van der Waals surface area contributed by atoms with Crippen LogP contribution in [0.2, 0.25) is 10.0 Å². The summed E-state index contributed by atoms with van der Waals surface area (Å²) in [6.45, 7) is 0. The van der Waals surface area contributed by atoms with Crippen molar-refractivity contribution < 1.29 is 19.0 Å². The summed E-state index contributed by atoms with van der Waals surface area (Å²) in [5, 5.41) is 7.12. The number of methoxy groups -OCH3 is 2. The number of nitrogens with one attached hydrogen (secondary N) is 2. The highest BCUT2D eigenvalue weighted by atomic mass is 35.5. The van der Waals surface area contributed by atoms with Crippen LogP contribution in [-0.2, 0) is 0 Å². The maximum Gasteiger partial charge on any atom is 0.258 e. The van der Waals surface area contributed by atoms with Gasteiger partial charge in [0.2, 0.25) is 0 Å². The van der Waals surface area contributed by atoms with Crippen molar-refractivity contribution >= 4 is 63.0 Å². The van der Waals surface area contributed by atoms with Crippen LogP contribution in [0.15, 0.2) is 66.9 Å². The van der Waals surface area contributed by atoms with Gasteiger partial charge in [0, 0.05) is 28.4 Å². The number of halogens is 2. The molecule has 0 saturated carbocycles. The molecule has 4 aromatic rings. The number of fused-ring (bicyclic) bond motifs is 1. The Bertz CT molecular complexity index is 1410. The first-order valence-corrected chi connectivity index (χ1v) is 11.4. The lowest BCUT2D eigenvalue weighted by atomic mass is 10.2. The first-order valence-electron chi connectivity index (χ1n) is 10.2. The smallest absolute Gasteiger partial charge is 0.258 e. The van der Waals surface area contributed by atoms with Crippen molar-refractivity contribution in [3.8, 4) is 23.0 Å². The summed E-state index contributed by atoms with van der Waals surface area (Å²) in [6, 6.07) is 17.1.